The largest absolute Gasteiger partial charge is 0.456 e. The maximum atomic E-state index is 6.44. The van der Waals surface area contributed by atoms with Crippen LogP contribution >= 0.6 is 11.3 Å². The third-order valence-electron chi connectivity index (χ3n) is 8.57. The molecule has 0 saturated heterocycles. The molecule has 7 heteroatoms. The van der Waals surface area contributed by atoms with Crippen LogP contribution in [0.25, 0.3) is 98.8 Å². The van der Waals surface area contributed by atoms with Crippen molar-refractivity contribution in [3.05, 3.63) is 133 Å². The van der Waals surface area contributed by atoms with Crippen LogP contribution in [0.1, 0.15) is 0 Å². The zero-order valence-corrected chi connectivity index (χ0v) is 25.5. The Kier molecular flexibility index (Phi) is 5.64. The quantitative estimate of drug-likeness (QED) is 0.194. The van der Waals surface area contributed by atoms with Crippen molar-refractivity contribution in [2.24, 2.45) is 0 Å². The van der Waals surface area contributed by atoms with Gasteiger partial charge in [-0.1, -0.05) is 91.0 Å². The van der Waals surface area contributed by atoms with E-state index in [1.54, 1.807) is 11.3 Å². The number of thiazole rings is 1. The second-order valence-corrected chi connectivity index (χ2v) is 12.5. The Bertz CT molecular complexity index is 2740. The van der Waals surface area contributed by atoms with Gasteiger partial charge in [-0.15, -0.1) is 11.3 Å². The fourth-order valence-electron chi connectivity index (χ4n) is 6.34. The van der Waals surface area contributed by atoms with E-state index < -0.39 is 0 Å². The Hall–Kier alpha value is -6.18. The lowest BCUT2D eigenvalue weighted by atomic mass is 10.1. The molecule has 4 aromatic heterocycles. The molecule has 220 valence electrons. The third-order valence-corrected chi connectivity index (χ3v) is 9.64. The smallest absolute Gasteiger partial charge is 0.164 e. The minimum absolute atomic E-state index is 0.594. The highest BCUT2D eigenvalue weighted by atomic mass is 32.1. The summed E-state index contributed by atoms with van der Waals surface area (Å²) in [4.78, 5) is 19.9. The van der Waals surface area contributed by atoms with E-state index >= 15 is 0 Å². The number of fused-ring (bicyclic) bond motifs is 7. The van der Waals surface area contributed by atoms with E-state index in [1.165, 1.54) is 0 Å². The lowest BCUT2D eigenvalue weighted by Crippen LogP contribution is -2.00. The molecule has 6 nitrogen and oxygen atoms in total. The van der Waals surface area contributed by atoms with Gasteiger partial charge in [-0.3, -0.25) is 0 Å². The van der Waals surface area contributed by atoms with Gasteiger partial charge in [0.1, 0.15) is 27.3 Å². The van der Waals surface area contributed by atoms with Crippen LogP contribution in [0.2, 0.25) is 0 Å². The lowest BCUT2D eigenvalue weighted by Gasteiger charge is -2.09. The number of benzene rings is 6. The van der Waals surface area contributed by atoms with Crippen LogP contribution in [-0.2, 0) is 0 Å². The summed E-state index contributed by atoms with van der Waals surface area (Å²) in [5.74, 6) is 1.84. The second kappa shape index (κ2) is 10.2. The molecule has 0 aliphatic rings. The summed E-state index contributed by atoms with van der Waals surface area (Å²) in [5.41, 5.74) is 8.00. The number of nitrogens with zero attached hydrogens (tertiary/aromatic N) is 4. The molecule has 47 heavy (non-hydrogen) atoms. The van der Waals surface area contributed by atoms with Crippen molar-refractivity contribution in [1.82, 2.24) is 19.9 Å². The highest BCUT2D eigenvalue weighted by Gasteiger charge is 2.19. The predicted molar refractivity (Wildman–Crippen MR) is 189 cm³/mol. The van der Waals surface area contributed by atoms with Crippen molar-refractivity contribution < 1.29 is 8.83 Å². The molecule has 10 rings (SSSR count). The first kappa shape index (κ1) is 26.1. The van der Waals surface area contributed by atoms with Crippen LogP contribution in [0.4, 0.5) is 0 Å². The van der Waals surface area contributed by atoms with Crippen LogP contribution < -0.4 is 0 Å². The van der Waals surface area contributed by atoms with Gasteiger partial charge in [0, 0.05) is 49.9 Å². The van der Waals surface area contributed by atoms with Gasteiger partial charge in [-0.25, -0.2) is 19.9 Å². The lowest BCUT2D eigenvalue weighted by molar-refractivity contribution is 0.669. The Labute approximate surface area is 271 Å². The van der Waals surface area contributed by atoms with Crippen molar-refractivity contribution in [3.8, 4) is 44.7 Å². The molecule has 0 N–H and O–H groups in total. The average Bonchev–Trinajstić information content (AvgIpc) is 3.83. The van der Waals surface area contributed by atoms with Gasteiger partial charge in [-0.2, -0.15) is 0 Å². The number of para-hydroxylation sites is 1. The van der Waals surface area contributed by atoms with Gasteiger partial charge >= 0.3 is 0 Å². The van der Waals surface area contributed by atoms with E-state index in [1.807, 2.05) is 103 Å². The summed E-state index contributed by atoms with van der Waals surface area (Å²) in [6.07, 6.45) is 0. The van der Waals surface area contributed by atoms with Gasteiger partial charge in [0.25, 0.3) is 0 Å². The number of furan rings is 2. The number of hydrogen-bond acceptors (Lipinski definition) is 7. The van der Waals surface area contributed by atoms with E-state index in [4.69, 9.17) is 28.8 Å². The molecule has 0 atom stereocenters. The van der Waals surface area contributed by atoms with Crippen molar-refractivity contribution >= 4 is 65.4 Å². The van der Waals surface area contributed by atoms with E-state index in [-0.39, 0.29) is 0 Å². The van der Waals surface area contributed by atoms with E-state index in [0.717, 1.165) is 81.4 Å². The maximum absolute atomic E-state index is 6.44. The van der Waals surface area contributed by atoms with Crippen LogP contribution in [0.3, 0.4) is 0 Å². The molecule has 0 radical (unpaired) electrons. The van der Waals surface area contributed by atoms with Crippen molar-refractivity contribution in [2.75, 3.05) is 0 Å². The van der Waals surface area contributed by atoms with Crippen molar-refractivity contribution in [1.29, 1.82) is 0 Å². The highest BCUT2D eigenvalue weighted by molar-refractivity contribution is 7.21. The standard InChI is InChI=1S/C40H22N4O2S/c1-3-10-23(11-4-1)37-42-38(24-12-5-2-6-13-24)44-39(43-37)27-15-9-17-33-36(27)29-21-35-30(22-34(29)46-33)41-40(47-35)25-18-19-32-28(20-25)26-14-7-8-16-31(26)45-32/h1-22H. The molecule has 0 unspecified atom stereocenters. The molecule has 0 bridgehead atoms. The molecule has 0 spiro atoms. The Morgan fingerprint density at radius 3 is 1.87 bits per heavy atom. The molecule has 10 aromatic rings. The number of hydrogen-bond donors (Lipinski definition) is 0. The van der Waals surface area contributed by atoms with Gasteiger partial charge in [-0.05, 0) is 36.4 Å². The van der Waals surface area contributed by atoms with Gasteiger partial charge in [0.15, 0.2) is 17.5 Å². The van der Waals surface area contributed by atoms with Crippen LogP contribution in [-0.4, -0.2) is 19.9 Å². The summed E-state index contributed by atoms with van der Waals surface area (Å²) in [6, 6.07) is 44.7. The van der Waals surface area contributed by atoms with Gasteiger partial charge < -0.3 is 8.83 Å². The van der Waals surface area contributed by atoms with Crippen LogP contribution in [0.15, 0.2) is 142 Å². The monoisotopic (exact) mass is 622 g/mol. The second-order valence-electron chi connectivity index (χ2n) is 11.5. The van der Waals surface area contributed by atoms with Gasteiger partial charge in [0.05, 0.1) is 10.2 Å². The first-order chi connectivity index (χ1) is 23.2. The molecule has 0 amide bonds. The summed E-state index contributed by atoms with van der Waals surface area (Å²) < 4.78 is 13.6. The summed E-state index contributed by atoms with van der Waals surface area (Å²) >= 11 is 1.67. The SMILES string of the molecule is c1ccc(-c2nc(-c3ccccc3)nc(-c3cccc4oc5cc6nc(-c7ccc8oc9ccccc9c8c7)sc6cc5c34)n2)cc1. The molecular formula is C40H22N4O2S. The predicted octanol–water partition coefficient (Wildman–Crippen LogP) is 10.9. The van der Waals surface area contributed by atoms with Crippen LogP contribution in [0.5, 0.6) is 0 Å². The van der Waals surface area contributed by atoms with E-state index in [0.29, 0.717) is 17.5 Å². The van der Waals surface area contributed by atoms with Gasteiger partial charge in [0.2, 0.25) is 0 Å². The Balaban J connectivity index is 1.15. The normalized spacial score (nSPS) is 11.8. The average molecular weight is 623 g/mol. The van der Waals surface area contributed by atoms with Crippen LogP contribution in [0, 0.1) is 0 Å². The molecular weight excluding hydrogens is 601 g/mol. The van der Waals surface area contributed by atoms with E-state index in [2.05, 4.69) is 30.3 Å². The summed E-state index contributed by atoms with van der Waals surface area (Å²) in [6.45, 7) is 0. The summed E-state index contributed by atoms with van der Waals surface area (Å²) in [7, 11) is 0. The highest BCUT2D eigenvalue weighted by Crippen LogP contribution is 2.41. The zero-order valence-electron chi connectivity index (χ0n) is 24.7. The molecule has 0 aliphatic heterocycles. The number of aromatic nitrogens is 4. The maximum Gasteiger partial charge on any atom is 0.164 e. The zero-order chi connectivity index (χ0) is 30.9. The Morgan fingerprint density at radius 2 is 1.09 bits per heavy atom. The fourth-order valence-corrected chi connectivity index (χ4v) is 7.33. The minimum Gasteiger partial charge on any atom is -0.456 e. The molecule has 0 fully saturated rings. The summed E-state index contributed by atoms with van der Waals surface area (Å²) in [5, 5.41) is 5.10. The van der Waals surface area contributed by atoms with Crippen molar-refractivity contribution in [2.45, 2.75) is 0 Å². The molecule has 0 saturated carbocycles. The first-order valence-electron chi connectivity index (χ1n) is 15.3. The van der Waals surface area contributed by atoms with E-state index in [9.17, 15) is 0 Å². The molecule has 6 aromatic carbocycles. The Morgan fingerprint density at radius 1 is 0.426 bits per heavy atom. The fraction of sp³-hybridized carbons (Fsp3) is 0. The van der Waals surface area contributed by atoms with Crippen molar-refractivity contribution in [3.63, 3.8) is 0 Å². The topological polar surface area (TPSA) is 77.8 Å². The molecule has 0 aliphatic carbocycles. The minimum atomic E-state index is 0.594. The number of rotatable bonds is 4. The third kappa shape index (κ3) is 4.25. The molecule has 4 heterocycles. The first-order valence-corrected chi connectivity index (χ1v) is 16.1.